The molecule has 1 aromatic heterocycles. The summed E-state index contributed by atoms with van der Waals surface area (Å²) >= 11 is 5.13. The van der Waals surface area contributed by atoms with Crippen LogP contribution in [0.3, 0.4) is 0 Å². The number of benzene rings is 1. The van der Waals surface area contributed by atoms with Crippen LogP contribution in [0.1, 0.15) is 43.6 Å². The van der Waals surface area contributed by atoms with E-state index in [1.165, 1.54) is 32.2 Å². The van der Waals surface area contributed by atoms with E-state index in [0.29, 0.717) is 0 Å². The van der Waals surface area contributed by atoms with Crippen molar-refractivity contribution in [2.75, 3.05) is 19.3 Å². The molecule has 1 saturated heterocycles. The molecule has 0 saturated carbocycles. The Kier molecular flexibility index (Phi) is 8.47. The van der Waals surface area contributed by atoms with Crippen molar-refractivity contribution < 1.29 is 40.8 Å². The van der Waals surface area contributed by atoms with Gasteiger partial charge in [-0.15, -0.1) is 0 Å². The summed E-state index contributed by atoms with van der Waals surface area (Å²) in [7, 11) is -4.49. The highest BCUT2D eigenvalue weighted by Crippen LogP contribution is 2.51. The SMILES string of the molecule is [2H]C([2H])(OP(=O)(C[C@@H](C)C(=O)OCC(C)(C)C)Oc1ccccc1)[C@H]1O[C@@H](n2ccc(=O)[nH]c2=S)C(C)(O)[C@H]1O. The molecule has 11 nitrogen and oxygen atoms in total. The van der Waals surface area contributed by atoms with Gasteiger partial charge in [0.25, 0.3) is 5.56 Å². The first kappa shape index (κ1) is 27.2. The van der Waals surface area contributed by atoms with Gasteiger partial charge in [0.05, 0.1) is 28.0 Å². The van der Waals surface area contributed by atoms with E-state index in [1.54, 1.807) is 18.2 Å². The lowest BCUT2D eigenvalue weighted by molar-refractivity contribution is -0.150. The Bertz CT molecular complexity index is 1360. The van der Waals surface area contributed by atoms with Crippen molar-refractivity contribution in [1.29, 1.82) is 0 Å². The summed E-state index contributed by atoms with van der Waals surface area (Å²) in [5, 5.41) is 22.0. The minimum absolute atomic E-state index is 0.0919. The van der Waals surface area contributed by atoms with E-state index < -0.39 is 61.8 Å². The number of ether oxygens (including phenoxy) is 2. The third-order valence-corrected chi connectivity index (χ3v) is 7.79. The Morgan fingerprint density at radius 2 is 2.00 bits per heavy atom. The Hall–Kier alpha value is -2.34. The minimum Gasteiger partial charge on any atom is -0.465 e. The number of carbonyl (C=O) groups is 1. The van der Waals surface area contributed by atoms with Crippen molar-refractivity contribution in [1.82, 2.24) is 9.55 Å². The summed E-state index contributed by atoms with van der Waals surface area (Å²) < 4.78 is 54.3. The summed E-state index contributed by atoms with van der Waals surface area (Å²) in [5.41, 5.74) is -2.94. The van der Waals surface area contributed by atoms with Crippen molar-refractivity contribution in [3.05, 3.63) is 57.7 Å². The van der Waals surface area contributed by atoms with Crippen LogP contribution in [0, 0.1) is 16.1 Å². The second-order valence-electron chi connectivity index (χ2n) is 10.6. The van der Waals surface area contributed by atoms with E-state index in [2.05, 4.69) is 4.98 Å². The Balaban J connectivity index is 1.90. The number of hydrogen-bond donors (Lipinski definition) is 3. The molecule has 0 spiro atoms. The number of nitrogens with one attached hydrogen (secondary N) is 1. The number of esters is 1. The second kappa shape index (κ2) is 11.8. The summed E-state index contributed by atoms with van der Waals surface area (Å²) in [5.74, 6) is -1.60. The van der Waals surface area contributed by atoms with Gasteiger partial charge in [0.1, 0.15) is 23.6 Å². The van der Waals surface area contributed by atoms with Crippen LogP contribution >= 0.6 is 19.8 Å². The molecule has 6 atom stereocenters. The molecule has 210 valence electrons. The Labute approximate surface area is 229 Å². The molecular formula is C25H35N2O9PS. The fourth-order valence-electron chi connectivity index (χ4n) is 3.56. The van der Waals surface area contributed by atoms with E-state index in [4.69, 9.17) is 33.5 Å². The van der Waals surface area contributed by atoms with Gasteiger partial charge in [0.2, 0.25) is 0 Å². The van der Waals surface area contributed by atoms with Gasteiger partial charge in [-0.05, 0) is 36.7 Å². The number of H-pyrrole nitrogens is 1. The number of hydrogen-bond acceptors (Lipinski definition) is 10. The fraction of sp³-hybridized carbons (Fsp3) is 0.560. The molecule has 38 heavy (non-hydrogen) atoms. The van der Waals surface area contributed by atoms with Gasteiger partial charge in [-0.25, -0.2) is 4.57 Å². The molecule has 3 rings (SSSR count). The van der Waals surface area contributed by atoms with E-state index >= 15 is 0 Å². The van der Waals surface area contributed by atoms with Crippen LogP contribution in [-0.4, -0.2) is 62.9 Å². The Morgan fingerprint density at radius 3 is 2.61 bits per heavy atom. The predicted molar refractivity (Wildman–Crippen MR) is 142 cm³/mol. The summed E-state index contributed by atoms with van der Waals surface area (Å²) in [4.78, 5) is 26.6. The van der Waals surface area contributed by atoms with Gasteiger partial charge in [-0.3, -0.25) is 23.7 Å². The average molecular weight is 573 g/mol. The molecule has 3 N–H and O–H groups in total. The topological polar surface area (TPSA) is 149 Å². The number of aromatic nitrogens is 2. The van der Waals surface area contributed by atoms with Crippen LogP contribution in [0.5, 0.6) is 5.75 Å². The van der Waals surface area contributed by atoms with E-state index in [1.807, 2.05) is 20.8 Å². The van der Waals surface area contributed by atoms with Crippen molar-refractivity contribution in [2.24, 2.45) is 11.3 Å². The zero-order valence-electron chi connectivity index (χ0n) is 23.8. The van der Waals surface area contributed by atoms with E-state index in [0.717, 1.165) is 10.6 Å². The maximum atomic E-state index is 14.0. The number of para-hydroxylation sites is 1. The number of aliphatic hydroxyl groups is 2. The maximum absolute atomic E-state index is 14.0. The normalized spacial score (nSPS) is 27.1. The quantitative estimate of drug-likeness (QED) is 0.220. The summed E-state index contributed by atoms with van der Waals surface area (Å²) in [6, 6.07) is 8.98. The molecule has 2 heterocycles. The number of aliphatic hydroxyl groups excluding tert-OH is 1. The number of nitrogens with zero attached hydrogens (tertiary/aromatic N) is 1. The Morgan fingerprint density at radius 1 is 1.34 bits per heavy atom. The zero-order valence-corrected chi connectivity index (χ0v) is 23.5. The number of carbonyl (C=O) groups excluding carboxylic acids is 1. The van der Waals surface area contributed by atoms with E-state index in [9.17, 15) is 24.4 Å². The third kappa shape index (κ3) is 7.62. The molecule has 13 heteroatoms. The van der Waals surface area contributed by atoms with Crippen LogP contribution < -0.4 is 10.1 Å². The van der Waals surface area contributed by atoms with Crippen molar-refractivity contribution >= 4 is 25.8 Å². The fourth-order valence-corrected chi connectivity index (χ4v) is 5.53. The zero-order chi connectivity index (χ0) is 30.1. The smallest absolute Gasteiger partial charge is 0.380 e. The van der Waals surface area contributed by atoms with Crippen LogP contribution in [0.25, 0.3) is 0 Å². The van der Waals surface area contributed by atoms with Gasteiger partial charge in [0, 0.05) is 12.3 Å². The van der Waals surface area contributed by atoms with Crippen molar-refractivity contribution in [2.45, 2.75) is 58.7 Å². The molecular weight excluding hydrogens is 535 g/mol. The average Bonchev–Trinajstić information content (AvgIpc) is 3.06. The standard InChI is InChI=1S/C25H35N2O9PS/c1-16(21(30)33-15-24(2,3)4)14-37(32,36-17-9-7-6-8-10-17)34-13-18-20(29)25(5,31)22(35-18)27-12-11-19(28)26-23(27)38/h6-12,16,18,20,22,29,31H,13-15H2,1-5H3,(H,26,28,38)/t16-,18-,20+,22-,25?,37?/m1/s1/i13D2. The first-order valence-electron chi connectivity index (χ1n) is 12.9. The summed E-state index contributed by atoms with van der Waals surface area (Å²) in [6.45, 7) is 5.36. The molecule has 1 aliphatic heterocycles. The minimum atomic E-state index is -4.49. The highest BCUT2D eigenvalue weighted by molar-refractivity contribution is 7.71. The van der Waals surface area contributed by atoms with Crippen LogP contribution in [0.15, 0.2) is 47.4 Å². The first-order valence-corrected chi connectivity index (χ1v) is 14.1. The molecule has 1 aromatic carbocycles. The molecule has 0 bridgehead atoms. The first-order chi connectivity index (χ1) is 18.3. The highest BCUT2D eigenvalue weighted by atomic mass is 32.1. The van der Waals surface area contributed by atoms with Crippen LogP contribution in [0.2, 0.25) is 0 Å². The molecule has 0 aliphatic carbocycles. The van der Waals surface area contributed by atoms with Gasteiger partial charge < -0.3 is 24.2 Å². The van der Waals surface area contributed by atoms with Gasteiger partial charge in [-0.2, -0.15) is 0 Å². The molecule has 0 amide bonds. The van der Waals surface area contributed by atoms with Crippen LogP contribution in [0.4, 0.5) is 0 Å². The molecule has 2 unspecified atom stereocenters. The molecule has 0 radical (unpaired) electrons. The molecule has 2 aromatic rings. The van der Waals surface area contributed by atoms with E-state index in [-0.39, 0.29) is 22.5 Å². The lowest BCUT2D eigenvalue weighted by Gasteiger charge is -2.28. The van der Waals surface area contributed by atoms with Gasteiger partial charge >= 0.3 is 13.6 Å². The van der Waals surface area contributed by atoms with Gasteiger partial charge in [0.15, 0.2) is 11.0 Å². The number of rotatable bonds is 10. The lowest BCUT2D eigenvalue weighted by Crippen LogP contribution is -2.44. The largest absolute Gasteiger partial charge is 0.465 e. The lowest BCUT2D eigenvalue weighted by atomic mass is 9.96. The molecule has 1 fully saturated rings. The van der Waals surface area contributed by atoms with Crippen molar-refractivity contribution in [3.8, 4) is 5.75 Å². The second-order valence-corrected chi connectivity index (χ2v) is 12.9. The number of aromatic amines is 1. The highest BCUT2D eigenvalue weighted by Gasteiger charge is 2.53. The molecule has 1 aliphatic rings. The van der Waals surface area contributed by atoms with Crippen molar-refractivity contribution in [3.63, 3.8) is 0 Å². The summed E-state index contributed by atoms with van der Waals surface area (Å²) in [6.07, 6.45) is -4.58. The maximum Gasteiger partial charge on any atom is 0.380 e. The predicted octanol–water partition coefficient (Wildman–Crippen LogP) is 3.43. The third-order valence-electron chi connectivity index (χ3n) is 5.61. The monoisotopic (exact) mass is 572 g/mol. The van der Waals surface area contributed by atoms with Crippen LogP contribution in [-0.2, 0) is 23.4 Å². The van der Waals surface area contributed by atoms with Gasteiger partial charge in [-0.1, -0.05) is 45.9 Å².